The van der Waals surface area contributed by atoms with Crippen molar-refractivity contribution < 1.29 is 8.42 Å². The van der Waals surface area contributed by atoms with E-state index in [-0.39, 0.29) is 5.03 Å². The number of nitrogens with zero attached hydrogens (tertiary/aromatic N) is 3. The van der Waals surface area contributed by atoms with Crippen LogP contribution < -0.4 is 0 Å². The fourth-order valence-corrected chi connectivity index (χ4v) is 3.54. The molecule has 0 spiro atoms. The highest BCUT2D eigenvalue weighted by Crippen LogP contribution is 2.19. The van der Waals surface area contributed by atoms with Crippen LogP contribution in [0.3, 0.4) is 0 Å². The first-order valence-corrected chi connectivity index (χ1v) is 7.50. The van der Waals surface area contributed by atoms with Gasteiger partial charge in [0.05, 0.1) is 6.20 Å². The molecule has 6 nitrogen and oxygen atoms in total. The van der Waals surface area contributed by atoms with Crippen molar-refractivity contribution in [1.82, 2.24) is 19.2 Å². The number of aromatic nitrogens is 2. The Morgan fingerprint density at radius 2 is 2.33 bits per heavy atom. The van der Waals surface area contributed by atoms with Gasteiger partial charge in [-0.15, -0.1) is 0 Å². The van der Waals surface area contributed by atoms with Crippen LogP contribution in [0.25, 0.3) is 0 Å². The van der Waals surface area contributed by atoms with Crippen molar-refractivity contribution >= 4 is 10.0 Å². The SMILES string of the molecule is Cc1ncc(S(=O)(=O)N(C)CC2CCN(C)C2)[nH]1. The van der Waals surface area contributed by atoms with Gasteiger partial charge in [0, 0.05) is 20.1 Å². The topological polar surface area (TPSA) is 69.3 Å². The lowest BCUT2D eigenvalue weighted by atomic mass is 10.1. The molecular formula is C11H20N4O2S. The van der Waals surface area contributed by atoms with Gasteiger partial charge in [0.15, 0.2) is 5.03 Å². The highest BCUT2D eigenvalue weighted by molar-refractivity contribution is 7.89. The minimum atomic E-state index is -3.43. The first-order chi connectivity index (χ1) is 8.39. The number of aryl methyl sites for hydroxylation is 1. The molecule has 0 saturated carbocycles. The number of hydrogen-bond acceptors (Lipinski definition) is 4. The molecular weight excluding hydrogens is 252 g/mol. The van der Waals surface area contributed by atoms with E-state index in [1.807, 2.05) is 0 Å². The summed E-state index contributed by atoms with van der Waals surface area (Å²) < 4.78 is 25.9. The number of aromatic amines is 1. The molecule has 2 heterocycles. The Kier molecular flexibility index (Phi) is 3.74. The number of hydrogen-bond donors (Lipinski definition) is 1. The average molecular weight is 272 g/mol. The number of H-pyrrole nitrogens is 1. The van der Waals surface area contributed by atoms with E-state index in [9.17, 15) is 8.42 Å². The Hall–Kier alpha value is -0.920. The van der Waals surface area contributed by atoms with Crippen molar-refractivity contribution in [2.75, 3.05) is 33.7 Å². The predicted octanol–water partition coefficient (Wildman–Crippen LogP) is 0.290. The van der Waals surface area contributed by atoms with Crippen LogP contribution in [-0.2, 0) is 10.0 Å². The van der Waals surface area contributed by atoms with E-state index in [0.717, 1.165) is 19.5 Å². The number of nitrogens with one attached hydrogen (secondary N) is 1. The second-order valence-corrected chi connectivity index (χ2v) is 7.05. The molecule has 1 aliphatic rings. The monoisotopic (exact) mass is 272 g/mol. The summed E-state index contributed by atoms with van der Waals surface area (Å²) in [4.78, 5) is 8.95. The molecule has 1 saturated heterocycles. The maximum atomic E-state index is 12.3. The fraction of sp³-hybridized carbons (Fsp3) is 0.727. The molecule has 102 valence electrons. The lowest BCUT2D eigenvalue weighted by molar-refractivity contribution is 0.356. The van der Waals surface area contributed by atoms with Crippen molar-refractivity contribution in [3.8, 4) is 0 Å². The van der Waals surface area contributed by atoms with Crippen molar-refractivity contribution in [3.05, 3.63) is 12.0 Å². The Balaban J connectivity index is 2.06. The number of imidazole rings is 1. The second kappa shape index (κ2) is 4.99. The summed E-state index contributed by atoms with van der Waals surface area (Å²) >= 11 is 0. The van der Waals surface area contributed by atoms with E-state index in [1.165, 1.54) is 10.5 Å². The Morgan fingerprint density at radius 1 is 1.61 bits per heavy atom. The minimum Gasteiger partial charge on any atom is -0.332 e. The van der Waals surface area contributed by atoms with E-state index in [0.29, 0.717) is 18.3 Å². The molecule has 1 fully saturated rings. The summed E-state index contributed by atoms with van der Waals surface area (Å²) in [6, 6.07) is 0. The normalized spacial score (nSPS) is 21.9. The second-order valence-electron chi connectivity index (χ2n) is 5.04. The quantitative estimate of drug-likeness (QED) is 0.855. The smallest absolute Gasteiger partial charge is 0.259 e. The van der Waals surface area contributed by atoms with Crippen LogP contribution in [0.2, 0.25) is 0 Å². The summed E-state index contributed by atoms with van der Waals surface area (Å²) in [6.45, 7) is 4.30. The molecule has 7 heteroatoms. The van der Waals surface area contributed by atoms with Crippen LogP contribution in [0.5, 0.6) is 0 Å². The fourth-order valence-electron chi connectivity index (χ4n) is 2.33. The van der Waals surface area contributed by atoms with Crippen LogP contribution in [0, 0.1) is 12.8 Å². The number of rotatable bonds is 4. The molecule has 0 bridgehead atoms. The minimum absolute atomic E-state index is 0.175. The molecule has 1 aromatic rings. The maximum absolute atomic E-state index is 12.3. The first-order valence-electron chi connectivity index (χ1n) is 6.06. The third-order valence-electron chi connectivity index (χ3n) is 3.37. The maximum Gasteiger partial charge on any atom is 0.259 e. The summed E-state index contributed by atoms with van der Waals surface area (Å²) in [5.41, 5.74) is 0. The Morgan fingerprint density at radius 3 is 2.83 bits per heavy atom. The molecule has 0 amide bonds. The van der Waals surface area contributed by atoms with Crippen LogP contribution >= 0.6 is 0 Å². The summed E-state index contributed by atoms with van der Waals surface area (Å²) in [7, 11) is 0.265. The van der Waals surface area contributed by atoms with Crippen LogP contribution in [0.15, 0.2) is 11.2 Å². The summed E-state index contributed by atoms with van der Waals surface area (Å²) in [5, 5.41) is 0.175. The lowest BCUT2D eigenvalue weighted by Gasteiger charge is -2.19. The van der Waals surface area contributed by atoms with E-state index in [2.05, 4.69) is 21.9 Å². The third-order valence-corrected chi connectivity index (χ3v) is 5.11. The van der Waals surface area contributed by atoms with E-state index >= 15 is 0 Å². The molecule has 1 aromatic heterocycles. The standard InChI is InChI=1S/C11H20N4O2S/c1-9-12-6-11(13-9)18(16,17)15(3)8-10-4-5-14(2)7-10/h6,10H,4-5,7-8H2,1-3H3,(H,12,13). The number of likely N-dealkylation sites (tertiary alicyclic amines) is 1. The van der Waals surface area contributed by atoms with Gasteiger partial charge in [-0.2, -0.15) is 4.31 Å². The molecule has 18 heavy (non-hydrogen) atoms. The van der Waals surface area contributed by atoms with Gasteiger partial charge in [0.25, 0.3) is 10.0 Å². The third kappa shape index (κ3) is 2.73. The van der Waals surface area contributed by atoms with E-state index in [4.69, 9.17) is 0 Å². The van der Waals surface area contributed by atoms with E-state index < -0.39 is 10.0 Å². The van der Waals surface area contributed by atoms with Gasteiger partial charge in [-0.3, -0.25) is 0 Å². The van der Waals surface area contributed by atoms with E-state index in [1.54, 1.807) is 14.0 Å². The van der Waals surface area contributed by atoms with Gasteiger partial charge in [-0.25, -0.2) is 13.4 Å². The molecule has 1 aliphatic heterocycles. The zero-order valence-corrected chi connectivity index (χ0v) is 11.9. The molecule has 2 rings (SSSR count). The van der Waals surface area contributed by atoms with Crippen molar-refractivity contribution in [3.63, 3.8) is 0 Å². The average Bonchev–Trinajstić information content (AvgIpc) is 2.88. The largest absolute Gasteiger partial charge is 0.332 e. The molecule has 1 unspecified atom stereocenters. The van der Waals surface area contributed by atoms with Gasteiger partial charge in [-0.05, 0) is 32.9 Å². The van der Waals surface area contributed by atoms with Gasteiger partial charge in [0.2, 0.25) is 0 Å². The highest BCUT2D eigenvalue weighted by atomic mass is 32.2. The number of sulfonamides is 1. The molecule has 0 radical (unpaired) electrons. The molecule has 0 aromatic carbocycles. The summed E-state index contributed by atoms with van der Waals surface area (Å²) in [5.74, 6) is 1.03. The van der Waals surface area contributed by atoms with Crippen LogP contribution in [0.1, 0.15) is 12.2 Å². The highest BCUT2D eigenvalue weighted by Gasteiger charge is 2.28. The van der Waals surface area contributed by atoms with Gasteiger partial charge in [0.1, 0.15) is 5.82 Å². The van der Waals surface area contributed by atoms with Gasteiger partial charge < -0.3 is 9.88 Å². The van der Waals surface area contributed by atoms with Crippen molar-refractivity contribution in [2.24, 2.45) is 5.92 Å². The Bertz CT molecular complexity index is 511. The van der Waals surface area contributed by atoms with Crippen molar-refractivity contribution in [2.45, 2.75) is 18.4 Å². The zero-order valence-electron chi connectivity index (χ0n) is 11.0. The lowest BCUT2D eigenvalue weighted by Crippen LogP contribution is -2.33. The molecule has 1 N–H and O–H groups in total. The van der Waals surface area contributed by atoms with Gasteiger partial charge in [-0.1, -0.05) is 0 Å². The zero-order chi connectivity index (χ0) is 13.3. The van der Waals surface area contributed by atoms with Gasteiger partial charge >= 0.3 is 0 Å². The predicted molar refractivity (Wildman–Crippen MR) is 68.7 cm³/mol. The first kappa shape index (κ1) is 13.5. The van der Waals surface area contributed by atoms with Crippen molar-refractivity contribution in [1.29, 1.82) is 0 Å². The summed E-state index contributed by atoms with van der Waals surface area (Å²) in [6.07, 6.45) is 2.43. The molecule has 0 aliphatic carbocycles. The van der Waals surface area contributed by atoms with Crippen LogP contribution in [-0.4, -0.2) is 61.3 Å². The van der Waals surface area contributed by atoms with Crippen LogP contribution in [0.4, 0.5) is 0 Å². The molecule has 1 atom stereocenters. The Labute approximate surface area is 108 Å².